The third-order valence-corrected chi connectivity index (χ3v) is 3.71. The lowest BCUT2D eigenvalue weighted by atomic mass is 10.2. The molecule has 0 saturated heterocycles. The number of imidazole rings is 1. The molecule has 7 heteroatoms. The Hall–Kier alpha value is -2.78. The number of fused-ring (bicyclic) bond motifs is 1. The highest BCUT2D eigenvalue weighted by molar-refractivity contribution is 6.29. The zero-order chi connectivity index (χ0) is 16.4. The van der Waals surface area contributed by atoms with Crippen molar-refractivity contribution in [2.75, 3.05) is 19.1 Å². The van der Waals surface area contributed by atoms with Gasteiger partial charge in [0.1, 0.15) is 11.8 Å². The number of hydrogen-bond donors (Lipinski definition) is 0. The minimum atomic E-state index is 0.309. The minimum absolute atomic E-state index is 0.309. The molecule has 0 aliphatic carbocycles. The van der Waals surface area contributed by atoms with Gasteiger partial charge in [-0.15, -0.1) is 0 Å². The van der Waals surface area contributed by atoms with Crippen LogP contribution < -0.4 is 9.64 Å². The smallest absolute Gasteiger partial charge is 0.178 e. The van der Waals surface area contributed by atoms with Gasteiger partial charge >= 0.3 is 0 Å². The second-order valence-corrected chi connectivity index (χ2v) is 5.43. The second-order valence-electron chi connectivity index (χ2n) is 5.05. The molecule has 23 heavy (non-hydrogen) atoms. The Morgan fingerprint density at radius 2 is 2.09 bits per heavy atom. The van der Waals surface area contributed by atoms with E-state index in [4.69, 9.17) is 21.6 Å². The van der Waals surface area contributed by atoms with E-state index in [1.54, 1.807) is 13.2 Å². The summed E-state index contributed by atoms with van der Waals surface area (Å²) in [4.78, 5) is 6.29. The molecule has 0 spiro atoms. The van der Waals surface area contributed by atoms with E-state index in [1.807, 2.05) is 36.2 Å². The fourth-order valence-electron chi connectivity index (χ4n) is 2.37. The van der Waals surface area contributed by atoms with Crippen LogP contribution in [0.15, 0.2) is 36.5 Å². The molecule has 0 radical (unpaired) electrons. The highest BCUT2D eigenvalue weighted by Gasteiger charge is 2.14. The van der Waals surface area contributed by atoms with E-state index < -0.39 is 0 Å². The molecular formula is C16H14ClN5O. The first kappa shape index (κ1) is 15.1. The lowest BCUT2D eigenvalue weighted by Crippen LogP contribution is -2.18. The van der Waals surface area contributed by atoms with Gasteiger partial charge in [0.2, 0.25) is 0 Å². The number of rotatable bonds is 4. The van der Waals surface area contributed by atoms with Crippen molar-refractivity contribution in [1.29, 1.82) is 5.26 Å². The van der Waals surface area contributed by atoms with Crippen LogP contribution in [0.3, 0.4) is 0 Å². The van der Waals surface area contributed by atoms with E-state index in [0.29, 0.717) is 23.0 Å². The van der Waals surface area contributed by atoms with Crippen LogP contribution in [0, 0.1) is 11.3 Å². The van der Waals surface area contributed by atoms with Crippen LogP contribution in [0.4, 0.5) is 5.69 Å². The van der Waals surface area contributed by atoms with E-state index in [0.717, 1.165) is 17.0 Å². The molecule has 1 aromatic carbocycles. The van der Waals surface area contributed by atoms with Crippen molar-refractivity contribution in [2.24, 2.45) is 0 Å². The molecule has 0 atom stereocenters. The molecule has 0 fully saturated rings. The van der Waals surface area contributed by atoms with Gasteiger partial charge in [0.15, 0.2) is 16.5 Å². The number of hydrogen-bond acceptors (Lipinski definition) is 5. The number of anilines is 1. The third-order valence-electron chi connectivity index (χ3n) is 3.52. The summed E-state index contributed by atoms with van der Waals surface area (Å²) in [5, 5.41) is 13.6. The highest BCUT2D eigenvalue weighted by Crippen LogP contribution is 2.25. The van der Waals surface area contributed by atoms with E-state index >= 15 is 0 Å². The Kier molecular flexibility index (Phi) is 4.04. The normalized spacial score (nSPS) is 10.5. The van der Waals surface area contributed by atoms with Gasteiger partial charge in [0.25, 0.3) is 0 Å². The molecule has 6 nitrogen and oxygen atoms in total. The Balaban J connectivity index is 1.95. The third kappa shape index (κ3) is 2.91. The van der Waals surface area contributed by atoms with Crippen molar-refractivity contribution in [3.05, 3.63) is 52.9 Å². The van der Waals surface area contributed by atoms with E-state index in [-0.39, 0.29) is 0 Å². The quantitative estimate of drug-likeness (QED) is 0.737. The maximum atomic E-state index is 9.11. The molecule has 3 rings (SSSR count). The molecule has 0 aliphatic heterocycles. The molecule has 2 heterocycles. The fraction of sp³-hybridized carbons (Fsp3) is 0.188. The largest absolute Gasteiger partial charge is 0.497 e. The van der Waals surface area contributed by atoms with Crippen LogP contribution in [0.5, 0.6) is 5.75 Å². The summed E-state index contributed by atoms with van der Waals surface area (Å²) < 4.78 is 6.62. The highest BCUT2D eigenvalue weighted by atomic mass is 35.5. The number of benzene rings is 1. The van der Waals surface area contributed by atoms with Crippen LogP contribution in [-0.4, -0.2) is 28.8 Å². The summed E-state index contributed by atoms with van der Waals surface area (Å²) in [6.07, 6.45) is 1.49. The molecule has 0 bridgehead atoms. The molecular weight excluding hydrogens is 314 g/mol. The maximum Gasteiger partial charge on any atom is 0.178 e. The van der Waals surface area contributed by atoms with Crippen molar-refractivity contribution in [1.82, 2.24) is 14.6 Å². The summed E-state index contributed by atoms with van der Waals surface area (Å²) in [6.45, 7) is 0.661. The van der Waals surface area contributed by atoms with Gasteiger partial charge in [-0.1, -0.05) is 23.7 Å². The molecule has 0 saturated carbocycles. The van der Waals surface area contributed by atoms with Crippen LogP contribution in [0.1, 0.15) is 11.3 Å². The first-order chi connectivity index (χ1) is 11.1. The van der Waals surface area contributed by atoms with Gasteiger partial charge in [0.05, 0.1) is 19.0 Å². The number of halogens is 1. The van der Waals surface area contributed by atoms with Crippen LogP contribution in [0.25, 0.3) is 5.65 Å². The van der Waals surface area contributed by atoms with Gasteiger partial charge < -0.3 is 9.64 Å². The van der Waals surface area contributed by atoms with E-state index in [1.165, 1.54) is 10.7 Å². The van der Waals surface area contributed by atoms with Gasteiger partial charge in [0, 0.05) is 19.7 Å². The topological polar surface area (TPSA) is 66.5 Å². The van der Waals surface area contributed by atoms with Crippen molar-refractivity contribution in [3.63, 3.8) is 0 Å². The summed E-state index contributed by atoms with van der Waals surface area (Å²) in [5.74, 6) is 0.817. The molecule has 0 N–H and O–H groups in total. The Labute approximate surface area is 138 Å². The Morgan fingerprint density at radius 3 is 2.74 bits per heavy atom. The molecule has 0 aliphatic rings. The lowest BCUT2D eigenvalue weighted by Gasteiger charge is -2.20. The number of nitriles is 1. The van der Waals surface area contributed by atoms with E-state index in [9.17, 15) is 0 Å². The average molecular weight is 328 g/mol. The van der Waals surface area contributed by atoms with E-state index in [2.05, 4.69) is 16.2 Å². The summed E-state index contributed by atoms with van der Waals surface area (Å²) >= 11 is 6.08. The van der Waals surface area contributed by atoms with Crippen molar-refractivity contribution in [2.45, 2.75) is 6.54 Å². The predicted octanol–water partition coefficient (Wildman–Crippen LogP) is 2.90. The van der Waals surface area contributed by atoms with Gasteiger partial charge in [-0.25, -0.2) is 4.98 Å². The average Bonchev–Trinajstić information content (AvgIpc) is 2.97. The maximum absolute atomic E-state index is 9.11. The lowest BCUT2D eigenvalue weighted by molar-refractivity contribution is 0.414. The molecule has 3 aromatic rings. The van der Waals surface area contributed by atoms with Crippen LogP contribution in [0.2, 0.25) is 5.15 Å². The SMILES string of the molecule is COc1ccc(CN(C)c2cc(Cl)nn3c(C#N)cnc23)cc1. The standard InChI is InChI=1S/C16H14ClN5O/c1-21(10-11-3-5-13(23-2)6-4-11)14-7-15(17)20-22-12(8-18)9-19-16(14)22/h3-7,9H,10H2,1-2H3. The Morgan fingerprint density at radius 1 is 1.35 bits per heavy atom. The molecule has 0 unspecified atom stereocenters. The van der Waals surface area contributed by atoms with Crippen LogP contribution in [-0.2, 0) is 6.54 Å². The van der Waals surface area contributed by atoms with Gasteiger partial charge in [-0.2, -0.15) is 14.9 Å². The fourth-order valence-corrected chi connectivity index (χ4v) is 2.55. The first-order valence-electron chi connectivity index (χ1n) is 6.91. The van der Waals surface area contributed by atoms with Gasteiger partial charge in [-0.3, -0.25) is 0 Å². The number of nitrogens with zero attached hydrogens (tertiary/aromatic N) is 5. The Bertz CT molecular complexity index is 882. The second kappa shape index (κ2) is 6.15. The number of methoxy groups -OCH3 is 1. The van der Waals surface area contributed by atoms with Crippen LogP contribution >= 0.6 is 11.6 Å². The molecule has 0 amide bonds. The van der Waals surface area contributed by atoms with Gasteiger partial charge in [-0.05, 0) is 17.7 Å². The molecule has 116 valence electrons. The summed E-state index contributed by atoms with van der Waals surface area (Å²) in [7, 11) is 3.58. The zero-order valence-electron chi connectivity index (χ0n) is 12.7. The first-order valence-corrected chi connectivity index (χ1v) is 7.28. The monoisotopic (exact) mass is 327 g/mol. The predicted molar refractivity (Wildman–Crippen MR) is 87.8 cm³/mol. The van der Waals surface area contributed by atoms with Crippen molar-refractivity contribution < 1.29 is 4.74 Å². The molecule has 2 aromatic heterocycles. The minimum Gasteiger partial charge on any atom is -0.497 e. The van der Waals surface area contributed by atoms with Crippen molar-refractivity contribution in [3.8, 4) is 11.8 Å². The zero-order valence-corrected chi connectivity index (χ0v) is 13.4. The number of ether oxygens (including phenoxy) is 1. The van der Waals surface area contributed by atoms with Crippen molar-refractivity contribution >= 4 is 22.9 Å². The summed E-state index contributed by atoms with van der Waals surface area (Å²) in [5.41, 5.74) is 2.87. The number of aromatic nitrogens is 3. The summed E-state index contributed by atoms with van der Waals surface area (Å²) in [6, 6.07) is 11.6.